The van der Waals surface area contributed by atoms with Crippen molar-refractivity contribution in [2.24, 2.45) is 11.8 Å². The molecule has 2 aliphatic carbocycles. The minimum Gasteiger partial charge on any atom is -0.300 e. The Bertz CT molecular complexity index is 442. The Morgan fingerprint density at radius 1 is 1.33 bits per heavy atom. The fraction of sp³-hybridized carbons (Fsp3) is 0.545. The van der Waals surface area contributed by atoms with Crippen molar-refractivity contribution >= 4 is 15.6 Å². The van der Waals surface area contributed by atoms with E-state index < -0.39 is 9.84 Å². The maximum Gasteiger partial charge on any atom is 0.175 e. The van der Waals surface area contributed by atoms with E-state index in [2.05, 4.69) is 0 Å². The van der Waals surface area contributed by atoms with Gasteiger partial charge in [-0.2, -0.15) is 0 Å². The van der Waals surface area contributed by atoms with Crippen LogP contribution in [0.4, 0.5) is 0 Å². The van der Waals surface area contributed by atoms with E-state index in [9.17, 15) is 13.2 Å². The van der Waals surface area contributed by atoms with Crippen molar-refractivity contribution in [1.82, 2.24) is 0 Å². The molecule has 0 aromatic carbocycles. The highest BCUT2D eigenvalue weighted by atomic mass is 32.2. The molecule has 3 nitrogen and oxygen atoms in total. The fourth-order valence-electron chi connectivity index (χ4n) is 2.21. The number of rotatable bonds is 1. The maximum absolute atomic E-state index is 11.3. The summed E-state index contributed by atoms with van der Waals surface area (Å²) in [5.41, 5.74) is 0. The second-order valence-electron chi connectivity index (χ2n) is 4.31. The third-order valence-corrected chi connectivity index (χ3v) is 4.21. The molecule has 0 amide bonds. The molecule has 0 bridgehead atoms. The molecule has 1 saturated carbocycles. The molecule has 0 radical (unpaired) electrons. The summed E-state index contributed by atoms with van der Waals surface area (Å²) in [4.78, 5) is 11.6. The van der Waals surface area contributed by atoms with Gasteiger partial charge in [0.05, 0.1) is 4.91 Å². The molecule has 0 aromatic rings. The number of sulfone groups is 1. The lowest BCUT2D eigenvalue weighted by Crippen LogP contribution is -2.25. The number of carbonyl (C=O) groups excluding carboxylic acids is 1. The first-order valence-corrected chi connectivity index (χ1v) is 6.98. The second-order valence-corrected chi connectivity index (χ2v) is 6.33. The van der Waals surface area contributed by atoms with Crippen LogP contribution in [0.15, 0.2) is 23.1 Å². The van der Waals surface area contributed by atoms with E-state index in [1.807, 2.05) is 6.08 Å². The lowest BCUT2D eigenvalue weighted by Gasteiger charge is -2.29. The molecule has 15 heavy (non-hydrogen) atoms. The van der Waals surface area contributed by atoms with Crippen LogP contribution in [0.2, 0.25) is 0 Å². The number of allylic oxidation sites excluding steroid dienone is 3. The summed E-state index contributed by atoms with van der Waals surface area (Å²) in [5, 5.41) is 0. The van der Waals surface area contributed by atoms with Gasteiger partial charge in [-0.15, -0.1) is 0 Å². The van der Waals surface area contributed by atoms with Crippen molar-refractivity contribution in [3.63, 3.8) is 0 Å². The first-order valence-electron chi connectivity index (χ1n) is 5.08. The maximum atomic E-state index is 11.3. The third kappa shape index (κ3) is 2.20. The smallest absolute Gasteiger partial charge is 0.175 e. The Morgan fingerprint density at radius 2 is 2.07 bits per heavy atom. The van der Waals surface area contributed by atoms with Gasteiger partial charge in [-0.25, -0.2) is 8.42 Å². The van der Waals surface area contributed by atoms with Crippen LogP contribution in [0.1, 0.15) is 19.3 Å². The quantitative estimate of drug-likeness (QED) is 0.680. The average Bonchev–Trinajstić information content (AvgIpc) is 2.15. The first kappa shape index (κ1) is 10.6. The van der Waals surface area contributed by atoms with Crippen molar-refractivity contribution in [2.45, 2.75) is 19.3 Å². The normalized spacial score (nSPS) is 31.0. The van der Waals surface area contributed by atoms with Crippen LogP contribution in [0.25, 0.3) is 0 Å². The van der Waals surface area contributed by atoms with Crippen LogP contribution in [-0.4, -0.2) is 20.5 Å². The monoisotopic (exact) mass is 226 g/mol. The van der Waals surface area contributed by atoms with Gasteiger partial charge in [0.25, 0.3) is 0 Å². The standard InChI is InChI=1S/C11H14O3S/c1-15(13,14)11-5-3-8-2-4-10(12)6-9(8)7-11/h3,5,7-9H,2,4,6H2,1H3. The van der Waals surface area contributed by atoms with Crippen LogP contribution in [-0.2, 0) is 14.6 Å². The van der Waals surface area contributed by atoms with Gasteiger partial charge in [0, 0.05) is 19.1 Å². The molecule has 1 fully saturated rings. The predicted octanol–water partition coefficient (Wildman–Crippen LogP) is 1.47. The molecule has 0 heterocycles. The van der Waals surface area contributed by atoms with Gasteiger partial charge in [0.15, 0.2) is 9.84 Å². The summed E-state index contributed by atoms with van der Waals surface area (Å²) < 4.78 is 22.7. The zero-order valence-corrected chi connectivity index (χ0v) is 9.46. The Kier molecular flexibility index (Phi) is 2.54. The topological polar surface area (TPSA) is 51.2 Å². The van der Waals surface area contributed by atoms with Crippen molar-refractivity contribution < 1.29 is 13.2 Å². The largest absolute Gasteiger partial charge is 0.300 e. The molecule has 0 saturated heterocycles. The summed E-state index contributed by atoms with van der Waals surface area (Å²) in [6, 6.07) is 0. The van der Waals surface area contributed by atoms with Gasteiger partial charge in [-0.3, -0.25) is 4.79 Å². The van der Waals surface area contributed by atoms with E-state index in [1.165, 1.54) is 6.26 Å². The highest BCUT2D eigenvalue weighted by Gasteiger charge is 2.29. The Hall–Kier alpha value is -0.900. The highest BCUT2D eigenvalue weighted by molar-refractivity contribution is 7.94. The van der Waals surface area contributed by atoms with Gasteiger partial charge in [0.1, 0.15) is 5.78 Å². The molecule has 2 atom stereocenters. The van der Waals surface area contributed by atoms with Crippen LogP contribution in [0.3, 0.4) is 0 Å². The molecule has 0 N–H and O–H groups in total. The first-order chi connectivity index (χ1) is 6.97. The number of hydrogen-bond acceptors (Lipinski definition) is 3. The van der Waals surface area contributed by atoms with Crippen molar-refractivity contribution in [3.8, 4) is 0 Å². The van der Waals surface area contributed by atoms with Gasteiger partial charge in [-0.1, -0.05) is 12.2 Å². The summed E-state index contributed by atoms with van der Waals surface area (Å²) in [6.45, 7) is 0. The van der Waals surface area contributed by atoms with Crippen LogP contribution >= 0.6 is 0 Å². The van der Waals surface area contributed by atoms with Crippen LogP contribution in [0, 0.1) is 11.8 Å². The number of fused-ring (bicyclic) bond motifs is 1. The Morgan fingerprint density at radius 3 is 2.73 bits per heavy atom. The summed E-state index contributed by atoms with van der Waals surface area (Å²) >= 11 is 0. The third-order valence-electron chi connectivity index (χ3n) is 3.08. The molecule has 4 heteroatoms. The van der Waals surface area contributed by atoms with E-state index in [-0.39, 0.29) is 11.7 Å². The minimum absolute atomic E-state index is 0.0981. The lowest BCUT2D eigenvalue weighted by molar-refractivity contribution is -0.121. The highest BCUT2D eigenvalue weighted by Crippen LogP contribution is 2.35. The molecule has 82 valence electrons. The molecule has 0 aromatic heterocycles. The molecule has 0 spiro atoms. The van der Waals surface area contributed by atoms with Gasteiger partial charge >= 0.3 is 0 Å². The number of Topliss-reactive ketones (excluding diaryl/α,β-unsaturated/α-hetero) is 1. The van der Waals surface area contributed by atoms with E-state index in [1.54, 1.807) is 12.2 Å². The molecular weight excluding hydrogens is 212 g/mol. The van der Waals surface area contributed by atoms with Crippen LogP contribution in [0.5, 0.6) is 0 Å². The Labute approximate surface area is 89.8 Å². The van der Waals surface area contributed by atoms with Gasteiger partial charge < -0.3 is 0 Å². The zero-order valence-electron chi connectivity index (χ0n) is 8.64. The van der Waals surface area contributed by atoms with Crippen molar-refractivity contribution in [1.29, 1.82) is 0 Å². The Balaban J connectivity index is 2.27. The summed E-state index contributed by atoms with van der Waals surface area (Å²) in [5.74, 6) is 0.699. The number of ketones is 1. The van der Waals surface area contributed by atoms with Gasteiger partial charge in [-0.05, 0) is 24.3 Å². The molecular formula is C11H14O3S. The van der Waals surface area contributed by atoms with Crippen LogP contribution < -0.4 is 0 Å². The molecule has 0 aliphatic heterocycles. The zero-order chi connectivity index (χ0) is 11.1. The van der Waals surface area contributed by atoms with E-state index in [0.29, 0.717) is 23.7 Å². The van der Waals surface area contributed by atoms with Gasteiger partial charge in [0.2, 0.25) is 0 Å². The summed E-state index contributed by atoms with van der Waals surface area (Å²) in [6.07, 6.45) is 8.54. The molecule has 2 rings (SSSR count). The van der Waals surface area contributed by atoms with E-state index >= 15 is 0 Å². The second kappa shape index (κ2) is 3.59. The van der Waals surface area contributed by atoms with Crippen molar-refractivity contribution in [2.75, 3.05) is 6.26 Å². The minimum atomic E-state index is -3.13. The number of hydrogen-bond donors (Lipinski definition) is 0. The SMILES string of the molecule is CS(=O)(=O)C1=CC2CC(=O)CCC2C=C1. The molecule has 2 aliphatic rings. The fourth-order valence-corrected chi connectivity index (χ4v) is 2.96. The lowest BCUT2D eigenvalue weighted by atomic mass is 9.76. The van der Waals surface area contributed by atoms with Crippen molar-refractivity contribution in [3.05, 3.63) is 23.1 Å². The average molecular weight is 226 g/mol. The van der Waals surface area contributed by atoms with E-state index in [0.717, 1.165) is 6.42 Å². The predicted molar refractivity (Wildman–Crippen MR) is 57.9 cm³/mol. The number of carbonyl (C=O) groups is 1. The van der Waals surface area contributed by atoms with E-state index in [4.69, 9.17) is 0 Å². The molecule has 2 unspecified atom stereocenters. The summed E-state index contributed by atoms with van der Waals surface area (Å²) in [7, 11) is -3.13.